The van der Waals surface area contributed by atoms with Crippen molar-refractivity contribution in [2.75, 3.05) is 0 Å². The van der Waals surface area contributed by atoms with Crippen molar-refractivity contribution in [1.82, 2.24) is 16.1 Å². The lowest BCUT2D eigenvalue weighted by Gasteiger charge is -2.13. The second-order valence-corrected chi connectivity index (χ2v) is 3.28. The van der Waals surface area contributed by atoms with Gasteiger partial charge in [-0.2, -0.15) is 5.10 Å². The second kappa shape index (κ2) is 3.58. The summed E-state index contributed by atoms with van der Waals surface area (Å²) < 4.78 is 0. The molecule has 1 heterocycles. The Morgan fingerprint density at radius 3 is 2.79 bits per heavy atom. The van der Waals surface area contributed by atoms with Crippen LogP contribution in [-0.2, 0) is 4.79 Å². The van der Waals surface area contributed by atoms with Gasteiger partial charge in [0.25, 0.3) is 5.91 Å². The van der Waals surface area contributed by atoms with Crippen molar-refractivity contribution in [3.8, 4) is 0 Å². The van der Waals surface area contributed by atoms with Crippen LogP contribution < -0.4 is 21.8 Å². The third-order valence-electron chi connectivity index (χ3n) is 1.57. The molecule has 0 aromatic carbocycles. The van der Waals surface area contributed by atoms with E-state index in [0.717, 1.165) is 0 Å². The maximum absolute atomic E-state index is 11.2. The topological polar surface area (TPSA) is 109 Å². The number of rotatable bonds is 2. The van der Waals surface area contributed by atoms with Crippen LogP contribution in [0.1, 0.15) is 6.92 Å². The minimum atomic E-state index is -1.16. The summed E-state index contributed by atoms with van der Waals surface area (Å²) in [5.41, 5.74) is 6.22. The summed E-state index contributed by atoms with van der Waals surface area (Å²) in [6.45, 7) is 1.50. The SMILES string of the molecule is C[C@]1(/C=N/NC(N)=S)NC(=O)NC1=O. The van der Waals surface area contributed by atoms with E-state index in [4.69, 9.17) is 5.73 Å². The van der Waals surface area contributed by atoms with Crippen LogP contribution in [0.15, 0.2) is 5.10 Å². The molecule has 0 saturated carbocycles. The molecule has 1 atom stereocenters. The number of urea groups is 1. The third-order valence-corrected chi connectivity index (χ3v) is 1.66. The third kappa shape index (κ3) is 2.16. The van der Waals surface area contributed by atoms with Gasteiger partial charge in [-0.3, -0.25) is 15.5 Å². The average molecular weight is 215 g/mol. The number of carbonyl (C=O) groups is 2. The van der Waals surface area contributed by atoms with Crippen molar-refractivity contribution < 1.29 is 9.59 Å². The number of thiocarbonyl (C=S) groups is 1. The van der Waals surface area contributed by atoms with Crippen molar-refractivity contribution in [3.05, 3.63) is 0 Å². The average Bonchev–Trinajstić information content (AvgIpc) is 2.25. The van der Waals surface area contributed by atoms with Gasteiger partial charge in [-0.25, -0.2) is 4.79 Å². The van der Waals surface area contributed by atoms with Gasteiger partial charge in [0.1, 0.15) is 0 Å². The van der Waals surface area contributed by atoms with Crippen LogP contribution in [0.4, 0.5) is 4.79 Å². The lowest BCUT2D eigenvalue weighted by molar-refractivity contribution is -0.121. The summed E-state index contributed by atoms with van der Waals surface area (Å²) in [6, 6.07) is -0.556. The molecule has 5 N–H and O–H groups in total. The second-order valence-electron chi connectivity index (χ2n) is 2.84. The fraction of sp³-hybridized carbons (Fsp3) is 0.333. The Morgan fingerprint density at radius 1 is 1.71 bits per heavy atom. The molecule has 7 nitrogen and oxygen atoms in total. The predicted molar refractivity (Wildman–Crippen MR) is 53.5 cm³/mol. The van der Waals surface area contributed by atoms with Gasteiger partial charge in [-0.05, 0) is 19.1 Å². The van der Waals surface area contributed by atoms with Crippen LogP contribution in [0.25, 0.3) is 0 Å². The fourth-order valence-corrected chi connectivity index (χ4v) is 0.925. The zero-order valence-electron chi connectivity index (χ0n) is 7.33. The Morgan fingerprint density at radius 2 is 2.36 bits per heavy atom. The van der Waals surface area contributed by atoms with Crippen molar-refractivity contribution in [2.45, 2.75) is 12.5 Å². The molecule has 8 heteroatoms. The van der Waals surface area contributed by atoms with Gasteiger partial charge >= 0.3 is 6.03 Å². The molecule has 1 rings (SSSR count). The van der Waals surface area contributed by atoms with Gasteiger partial charge in [0, 0.05) is 0 Å². The van der Waals surface area contributed by atoms with E-state index in [0.29, 0.717) is 0 Å². The van der Waals surface area contributed by atoms with Gasteiger partial charge in [0.15, 0.2) is 10.7 Å². The highest BCUT2D eigenvalue weighted by molar-refractivity contribution is 7.80. The zero-order chi connectivity index (χ0) is 10.8. The number of carbonyl (C=O) groups excluding carboxylic acids is 2. The Balaban J connectivity index is 2.67. The maximum atomic E-state index is 11.2. The molecular formula is C6H9N5O2S. The lowest BCUT2D eigenvalue weighted by Crippen LogP contribution is -2.46. The van der Waals surface area contributed by atoms with Crippen LogP contribution >= 0.6 is 12.2 Å². The zero-order valence-corrected chi connectivity index (χ0v) is 8.14. The number of nitrogens with one attached hydrogen (secondary N) is 3. The molecule has 0 bridgehead atoms. The fourth-order valence-electron chi connectivity index (χ4n) is 0.873. The molecule has 1 saturated heterocycles. The van der Waals surface area contributed by atoms with Crippen LogP contribution in [-0.4, -0.2) is 28.8 Å². The Bertz CT molecular complexity index is 328. The molecule has 1 fully saturated rings. The van der Waals surface area contributed by atoms with E-state index >= 15 is 0 Å². The molecule has 0 spiro atoms. The standard InChI is InChI=1S/C6H9N5O2S/c1-6(2-8-11-4(7)14)3(12)9-5(13)10-6/h2H,1H3,(H3,7,11,14)(H2,9,10,12,13)/b8-2+/t6-/m1/s1. The first-order valence-corrected chi connectivity index (χ1v) is 4.08. The molecule has 0 aromatic rings. The van der Waals surface area contributed by atoms with Gasteiger partial charge in [0.05, 0.1) is 6.21 Å². The highest BCUT2D eigenvalue weighted by Crippen LogP contribution is 2.05. The lowest BCUT2D eigenvalue weighted by atomic mass is 10.1. The molecule has 76 valence electrons. The van der Waals surface area contributed by atoms with Crippen molar-refractivity contribution in [2.24, 2.45) is 10.8 Å². The minimum absolute atomic E-state index is 0.0189. The first-order chi connectivity index (χ1) is 6.44. The summed E-state index contributed by atoms with van der Waals surface area (Å²) >= 11 is 4.49. The van der Waals surface area contributed by atoms with Gasteiger partial charge < -0.3 is 11.1 Å². The molecule has 0 unspecified atom stereocenters. The molecule has 14 heavy (non-hydrogen) atoms. The van der Waals surface area contributed by atoms with Crippen molar-refractivity contribution in [3.63, 3.8) is 0 Å². The van der Waals surface area contributed by atoms with E-state index in [1.165, 1.54) is 13.1 Å². The molecule has 1 aliphatic heterocycles. The Hall–Kier alpha value is -1.70. The Labute approximate surface area is 85.1 Å². The molecule has 3 amide bonds. The number of hydrazone groups is 1. The van der Waals surface area contributed by atoms with E-state index in [-0.39, 0.29) is 5.11 Å². The number of nitrogens with zero attached hydrogens (tertiary/aromatic N) is 1. The Kier molecular flexibility index (Phi) is 2.65. The highest BCUT2D eigenvalue weighted by atomic mass is 32.1. The van der Waals surface area contributed by atoms with Crippen LogP contribution in [0, 0.1) is 0 Å². The van der Waals surface area contributed by atoms with E-state index in [9.17, 15) is 9.59 Å². The summed E-state index contributed by atoms with van der Waals surface area (Å²) in [5, 5.41) is 8.03. The number of amides is 3. The number of nitrogens with two attached hydrogens (primary N) is 1. The van der Waals surface area contributed by atoms with E-state index in [1.807, 2.05) is 0 Å². The van der Waals surface area contributed by atoms with Gasteiger partial charge in [-0.15, -0.1) is 0 Å². The first-order valence-electron chi connectivity index (χ1n) is 3.67. The smallest absolute Gasteiger partial charge is 0.322 e. The number of imide groups is 1. The number of hydrogen-bond donors (Lipinski definition) is 4. The summed E-state index contributed by atoms with van der Waals surface area (Å²) in [5.74, 6) is -0.476. The monoisotopic (exact) mass is 215 g/mol. The molecule has 0 aromatic heterocycles. The number of hydrogen-bond acceptors (Lipinski definition) is 4. The predicted octanol–water partition coefficient (Wildman–Crippen LogP) is -1.60. The van der Waals surface area contributed by atoms with Crippen LogP contribution in [0.2, 0.25) is 0 Å². The van der Waals surface area contributed by atoms with Crippen LogP contribution in [0.3, 0.4) is 0 Å². The molecular weight excluding hydrogens is 206 g/mol. The van der Waals surface area contributed by atoms with Gasteiger partial charge in [0.2, 0.25) is 0 Å². The first kappa shape index (κ1) is 10.4. The summed E-state index contributed by atoms with van der Waals surface area (Å²) in [4.78, 5) is 22.0. The minimum Gasteiger partial charge on any atom is -0.375 e. The largest absolute Gasteiger partial charge is 0.375 e. The normalized spacial score (nSPS) is 26.1. The molecule has 0 radical (unpaired) electrons. The summed E-state index contributed by atoms with van der Waals surface area (Å²) in [7, 11) is 0. The van der Waals surface area contributed by atoms with E-state index < -0.39 is 17.5 Å². The van der Waals surface area contributed by atoms with Crippen molar-refractivity contribution >= 4 is 35.5 Å². The molecule has 0 aliphatic carbocycles. The summed E-state index contributed by atoms with van der Waals surface area (Å²) in [6.07, 6.45) is 1.21. The van der Waals surface area contributed by atoms with E-state index in [1.54, 1.807) is 0 Å². The van der Waals surface area contributed by atoms with Crippen LogP contribution in [0.5, 0.6) is 0 Å². The van der Waals surface area contributed by atoms with Gasteiger partial charge in [-0.1, -0.05) is 0 Å². The molecule has 1 aliphatic rings. The van der Waals surface area contributed by atoms with E-state index in [2.05, 4.69) is 33.4 Å². The maximum Gasteiger partial charge on any atom is 0.322 e. The quantitative estimate of drug-likeness (QED) is 0.192. The highest BCUT2D eigenvalue weighted by Gasteiger charge is 2.40. The van der Waals surface area contributed by atoms with Crippen molar-refractivity contribution in [1.29, 1.82) is 0 Å².